The molecule has 0 aliphatic rings. The zero-order valence-electron chi connectivity index (χ0n) is 10.5. The van der Waals surface area contributed by atoms with Gasteiger partial charge in [0.05, 0.1) is 9.47 Å². The number of halogens is 1. The Morgan fingerprint density at radius 1 is 1.25 bits per heavy atom. The molecule has 5 N–H and O–H groups in total. The number of rotatable bonds is 5. The van der Waals surface area contributed by atoms with Gasteiger partial charge in [-0.2, -0.15) is 0 Å². The van der Waals surface area contributed by atoms with Crippen LogP contribution in [0.15, 0.2) is 39.0 Å². The summed E-state index contributed by atoms with van der Waals surface area (Å²) in [4.78, 5) is 1.22. The molecule has 0 saturated carbocycles. The molecule has 0 spiro atoms. The minimum Gasteiger partial charge on any atom is -0.399 e. The summed E-state index contributed by atoms with van der Waals surface area (Å²) in [6, 6.07) is 8.64. The lowest BCUT2D eigenvalue weighted by Crippen LogP contribution is -2.16. The molecule has 0 unspecified atom stereocenters. The molecule has 0 fully saturated rings. The van der Waals surface area contributed by atoms with Crippen molar-refractivity contribution in [3.63, 3.8) is 0 Å². The van der Waals surface area contributed by atoms with Crippen LogP contribution in [-0.2, 0) is 16.4 Å². The topological polar surface area (TPSA) is 98.2 Å². The van der Waals surface area contributed by atoms with Crippen molar-refractivity contribution in [3.05, 3.63) is 39.0 Å². The number of sulfonamides is 1. The Bertz CT molecular complexity index is 713. The van der Waals surface area contributed by atoms with Crippen molar-refractivity contribution in [2.75, 3.05) is 17.6 Å². The van der Waals surface area contributed by atoms with Crippen LogP contribution in [0.25, 0.3) is 0 Å². The van der Waals surface area contributed by atoms with E-state index < -0.39 is 10.0 Å². The van der Waals surface area contributed by atoms with E-state index in [9.17, 15) is 8.42 Å². The molecule has 2 aromatic rings. The minimum atomic E-state index is -3.79. The molecule has 1 heterocycles. The van der Waals surface area contributed by atoms with Crippen LogP contribution in [0.4, 0.5) is 11.4 Å². The second-order valence-electron chi connectivity index (χ2n) is 4.18. The molecule has 1 aromatic heterocycles. The number of primary sulfonamides is 1. The second-order valence-corrected chi connectivity index (χ2v) is 8.26. The molecule has 2 rings (SSSR count). The van der Waals surface area contributed by atoms with Gasteiger partial charge in [-0.1, -0.05) is 0 Å². The van der Waals surface area contributed by atoms with Gasteiger partial charge in [-0.05, 0) is 52.7 Å². The Hall–Kier alpha value is -1.09. The first-order valence-corrected chi connectivity index (χ1v) is 8.92. The molecule has 0 aliphatic heterocycles. The molecular weight excluding hydrogens is 362 g/mol. The predicted molar refractivity (Wildman–Crippen MR) is 86.4 cm³/mol. The number of thiophene rings is 1. The van der Waals surface area contributed by atoms with Crippen LogP contribution in [-0.4, -0.2) is 15.0 Å². The summed E-state index contributed by atoms with van der Waals surface area (Å²) in [6.07, 6.45) is 0.796. The fourth-order valence-corrected chi connectivity index (χ4v) is 3.96. The summed E-state index contributed by atoms with van der Waals surface area (Å²) in [5, 5.41) is 8.27. The molecule has 20 heavy (non-hydrogen) atoms. The number of benzene rings is 1. The fraction of sp³-hybridized carbons (Fsp3) is 0.167. The van der Waals surface area contributed by atoms with Gasteiger partial charge in [-0.25, -0.2) is 13.6 Å². The summed E-state index contributed by atoms with van der Waals surface area (Å²) in [5.41, 5.74) is 6.43. The van der Waals surface area contributed by atoms with Crippen LogP contribution < -0.4 is 16.2 Å². The molecule has 0 amide bonds. The van der Waals surface area contributed by atoms with Crippen molar-refractivity contribution < 1.29 is 8.42 Å². The predicted octanol–water partition coefficient (Wildman–Crippen LogP) is 2.39. The van der Waals surface area contributed by atoms with E-state index in [-0.39, 0.29) is 4.90 Å². The Morgan fingerprint density at radius 3 is 2.60 bits per heavy atom. The van der Waals surface area contributed by atoms with Gasteiger partial charge in [0.15, 0.2) is 0 Å². The van der Waals surface area contributed by atoms with Gasteiger partial charge in [0, 0.05) is 17.1 Å². The SMILES string of the molecule is Nc1ccc(NCCc2ccc(Br)s2)c(S(N)(=O)=O)c1. The first kappa shape index (κ1) is 15.3. The molecule has 108 valence electrons. The van der Waals surface area contributed by atoms with Gasteiger partial charge in [-0.15, -0.1) is 11.3 Å². The largest absolute Gasteiger partial charge is 0.399 e. The van der Waals surface area contributed by atoms with Crippen molar-refractivity contribution >= 4 is 48.7 Å². The van der Waals surface area contributed by atoms with Gasteiger partial charge in [0.2, 0.25) is 10.0 Å². The van der Waals surface area contributed by atoms with Crippen LogP contribution in [0.1, 0.15) is 4.88 Å². The fourth-order valence-electron chi connectivity index (χ4n) is 1.73. The van der Waals surface area contributed by atoms with Gasteiger partial charge in [-0.3, -0.25) is 0 Å². The minimum absolute atomic E-state index is 0.0184. The Kier molecular flexibility index (Phi) is 4.69. The molecule has 0 bridgehead atoms. The van der Waals surface area contributed by atoms with E-state index in [2.05, 4.69) is 21.2 Å². The molecule has 0 atom stereocenters. The van der Waals surface area contributed by atoms with Crippen molar-refractivity contribution in [1.82, 2.24) is 0 Å². The zero-order valence-corrected chi connectivity index (χ0v) is 13.7. The molecule has 0 saturated heterocycles. The van der Waals surface area contributed by atoms with Crippen molar-refractivity contribution in [3.8, 4) is 0 Å². The van der Waals surface area contributed by atoms with Crippen molar-refractivity contribution in [2.24, 2.45) is 5.14 Å². The maximum atomic E-state index is 11.5. The maximum Gasteiger partial charge on any atom is 0.240 e. The summed E-state index contributed by atoms with van der Waals surface area (Å²) < 4.78 is 24.1. The molecule has 0 aliphatic carbocycles. The number of nitrogens with two attached hydrogens (primary N) is 2. The molecule has 5 nitrogen and oxygen atoms in total. The molecule has 0 radical (unpaired) electrons. The Labute approximate surface area is 130 Å². The third-order valence-electron chi connectivity index (χ3n) is 2.63. The molecular formula is C12H14BrN3O2S2. The summed E-state index contributed by atoms with van der Waals surface area (Å²) in [6.45, 7) is 0.611. The van der Waals surface area contributed by atoms with Crippen LogP contribution in [0.3, 0.4) is 0 Å². The maximum absolute atomic E-state index is 11.5. The summed E-state index contributed by atoms with van der Waals surface area (Å²) in [7, 11) is -3.79. The smallest absolute Gasteiger partial charge is 0.240 e. The van der Waals surface area contributed by atoms with E-state index >= 15 is 0 Å². The highest BCUT2D eigenvalue weighted by molar-refractivity contribution is 9.11. The Balaban J connectivity index is 2.10. The molecule has 8 heteroatoms. The van der Waals surface area contributed by atoms with Crippen LogP contribution in [0.5, 0.6) is 0 Å². The number of hydrogen-bond donors (Lipinski definition) is 3. The van der Waals surface area contributed by atoms with Gasteiger partial charge in [0.1, 0.15) is 4.90 Å². The van der Waals surface area contributed by atoms with E-state index in [1.807, 2.05) is 12.1 Å². The highest BCUT2D eigenvalue weighted by Crippen LogP contribution is 2.24. The van der Waals surface area contributed by atoms with Crippen LogP contribution in [0, 0.1) is 0 Å². The summed E-state index contributed by atoms with van der Waals surface area (Å²) >= 11 is 5.05. The number of hydrogen-bond acceptors (Lipinski definition) is 5. The lowest BCUT2D eigenvalue weighted by molar-refractivity contribution is 0.598. The summed E-state index contributed by atoms with van der Waals surface area (Å²) in [5.74, 6) is 0. The number of nitrogens with one attached hydrogen (secondary N) is 1. The van der Waals surface area contributed by atoms with Crippen LogP contribution >= 0.6 is 27.3 Å². The average molecular weight is 376 g/mol. The van der Waals surface area contributed by atoms with E-state index in [4.69, 9.17) is 10.9 Å². The number of nitrogen functional groups attached to an aromatic ring is 1. The average Bonchev–Trinajstić information content (AvgIpc) is 2.76. The second kappa shape index (κ2) is 6.13. The van der Waals surface area contributed by atoms with Crippen molar-refractivity contribution in [2.45, 2.75) is 11.3 Å². The van der Waals surface area contributed by atoms with Gasteiger partial charge >= 0.3 is 0 Å². The monoisotopic (exact) mass is 375 g/mol. The molecule has 1 aromatic carbocycles. The van der Waals surface area contributed by atoms with E-state index in [1.165, 1.54) is 10.9 Å². The van der Waals surface area contributed by atoms with Gasteiger partial charge in [0.25, 0.3) is 0 Å². The quantitative estimate of drug-likeness (QED) is 0.698. The van der Waals surface area contributed by atoms with E-state index in [0.717, 1.165) is 10.2 Å². The highest BCUT2D eigenvalue weighted by Gasteiger charge is 2.14. The van der Waals surface area contributed by atoms with E-state index in [0.29, 0.717) is 17.9 Å². The van der Waals surface area contributed by atoms with Crippen molar-refractivity contribution in [1.29, 1.82) is 0 Å². The zero-order chi connectivity index (χ0) is 14.8. The standard InChI is InChI=1S/C12H14BrN3O2S2/c13-12-4-2-9(19-12)5-6-16-10-3-1-8(14)7-11(10)20(15,17)18/h1-4,7,16H,5-6,14H2,(H2,15,17,18). The van der Waals surface area contributed by atoms with Crippen LogP contribution in [0.2, 0.25) is 0 Å². The number of anilines is 2. The lowest BCUT2D eigenvalue weighted by Gasteiger charge is -2.11. The highest BCUT2D eigenvalue weighted by atomic mass is 79.9. The normalized spacial score (nSPS) is 11.5. The third kappa shape index (κ3) is 3.95. The third-order valence-corrected chi connectivity index (χ3v) is 5.26. The first-order chi connectivity index (χ1) is 9.36. The van der Waals surface area contributed by atoms with Gasteiger partial charge < -0.3 is 11.1 Å². The Morgan fingerprint density at radius 2 is 2.00 bits per heavy atom. The van der Waals surface area contributed by atoms with E-state index in [1.54, 1.807) is 23.5 Å². The first-order valence-electron chi connectivity index (χ1n) is 5.76. The lowest BCUT2D eigenvalue weighted by atomic mass is 10.2.